The Hall–Kier alpha value is -2.89. The SMILES string of the molecule is CC/C=C\C/C=C\C/C=C\C/C=C\CCCCCCCCCCCCCCCOCC(COC1OC(CO)C(O)C(O)C1O)OC(=O)CCCCCCCCCCCCCC/C=C\C/C=C\C/C=C\C/C=C\CC. The van der Waals surface area contributed by atoms with Crippen LogP contribution in [0.1, 0.15) is 245 Å². The number of unbranched alkanes of at least 4 members (excludes halogenated alkanes) is 25. The van der Waals surface area contributed by atoms with E-state index in [4.69, 9.17) is 18.9 Å². The average molecular weight is 1040 g/mol. The largest absolute Gasteiger partial charge is 0.457 e. The van der Waals surface area contributed by atoms with Gasteiger partial charge in [-0.2, -0.15) is 0 Å². The summed E-state index contributed by atoms with van der Waals surface area (Å²) in [4.78, 5) is 12.9. The predicted octanol–water partition coefficient (Wildman–Crippen LogP) is 16.3. The third-order valence-corrected chi connectivity index (χ3v) is 13.5. The number of carbonyl (C=O) groups excluding carboxylic acids is 1. The van der Waals surface area contributed by atoms with Crippen molar-refractivity contribution in [1.82, 2.24) is 0 Å². The van der Waals surface area contributed by atoms with E-state index >= 15 is 0 Å². The number of hydrogen-bond donors (Lipinski definition) is 4. The summed E-state index contributed by atoms with van der Waals surface area (Å²) in [5.74, 6) is -0.317. The van der Waals surface area contributed by atoms with Crippen LogP contribution < -0.4 is 0 Å². The smallest absolute Gasteiger partial charge is 0.306 e. The van der Waals surface area contributed by atoms with Gasteiger partial charge in [-0.05, 0) is 89.9 Å². The molecule has 0 aromatic rings. The summed E-state index contributed by atoms with van der Waals surface area (Å²) >= 11 is 0. The molecule has 1 aliphatic heterocycles. The van der Waals surface area contributed by atoms with Crippen LogP contribution in [0.3, 0.4) is 0 Å². The highest BCUT2D eigenvalue weighted by Crippen LogP contribution is 2.23. The molecule has 0 amide bonds. The number of aliphatic hydroxyl groups excluding tert-OH is 4. The number of ether oxygens (including phenoxy) is 4. The van der Waals surface area contributed by atoms with Crippen molar-refractivity contribution in [3.05, 3.63) is 97.2 Å². The quantitative estimate of drug-likeness (QED) is 0.0267. The van der Waals surface area contributed by atoms with E-state index in [0.717, 1.165) is 83.5 Å². The second-order valence-electron chi connectivity index (χ2n) is 20.4. The minimum Gasteiger partial charge on any atom is -0.457 e. The Morgan fingerprint density at radius 2 is 0.784 bits per heavy atom. The highest BCUT2D eigenvalue weighted by atomic mass is 16.7. The molecule has 0 spiro atoms. The van der Waals surface area contributed by atoms with Gasteiger partial charge in [-0.1, -0.05) is 246 Å². The lowest BCUT2D eigenvalue weighted by atomic mass is 9.99. The van der Waals surface area contributed by atoms with Crippen molar-refractivity contribution in [2.24, 2.45) is 0 Å². The highest BCUT2D eigenvalue weighted by molar-refractivity contribution is 5.69. The summed E-state index contributed by atoms with van der Waals surface area (Å²) in [6.07, 6.45) is 70.3. The van der Waals surface area contributed by atoms with E-state index in [1.165, 1.54) is 141 Å². The second-order valence-corrected chi connectivity index (χ2v) is 20.4. The summed E-state index contributed by atoms with van der Waals surface area (Å²) < 4.78 is 23.0. The Kier molecular flexibility index (Phi) is 51.3. The summed E-state index contributed by atoms with van der Waals surface area (Å²) in [7, 11) is 0. The summed E-state index contributed by atoms with van der Waals surface area (Å²) in [6, 6.07) is 0. The number of rotatable bonds is 52. The van der Waals surface area contributed by atoms with Crippen LogP contribution in [0.2, 0.25) is 0 Å². The zero-order valence-corrected chi connectivity index (χ0v) is 47.3. The topological polar surface area (TPSA) is 135 Å². The Bertz CT molecular complexity index is 1460. The molecule has 0 aliphatic carbocycles. The fourth-order valence-electron chi connectivity index (χ4n) is 8.89. The molecule has 1 fully saturated rings. The third kappa shape index (κ3) is 44.3. The lowest BCUT2D eigenvalue weighted by Gasteiger charge is -2.39. The molecule has 0 saturated carbocycles. The fraction of sp³-hybridized carbons (Fsp3) is 0.738. The Balaban J connectivity index is 2.14. The van der Waals surface area contributed by atoms with Gasteiger partial charge in [-0.25, -0.2) is 0 Å². The molecule has 6 atom stereocenters. The molecule has 0 radical (unpaired) electrons. The van der Waals surface area contributed by atoms with Crippen LogP contribution >= 0.6 is 0 Å². The van der Waals surface area contributed by atoms with E-state index in [2.05, 4.69) is 111 Å². The van der Waals surface area contributed by atoms with Gasteiger partial charge in [0, 0.05) is 13.0 Å². The van der Waals surface area contributed by atoms with Crippen LogP contribution in [0.5, 0.6) is 0 Å². The van der Waals surface area contributed by atoms with E-state index in [9.17, 15) is 25.2 Å². The Morgan fingerprint density at radius 3 is 1.18 bits per heavy atom. The zero-order valence-electron chi connectivity index (χ0n) is 47.3. The van der Waals surface area contributed by atoms with Crippen LogP contribution in [-0.4, -0.2) is 89.6 Å². The summed E-state index contributed by atoms with van der Waals surface area (Å²) in [5.41, 5.74) is 0. The van der Waals surface area contributed by atoms with E-state index < -0.39 is 43.4 Å². The molecule has 9 heteroatoms. The number of aliphatic hydroxyl groups is 4. The van der Waals surface area contributed by atoms with Gasteiger partial charge in [0.2, 0.25) is 0 Å². The lowest BCUT2D eigenvalue weighted by molar-refractivity contribution is -0.305. The molecule has 4 N–H and O–H groups in total. The molecule has 1 aliphatic rings. The van der Waals surface area contributed by atoms with Gasteiger partial charge in [0.15, 0.2) is 6.29 Å². The molecule has 0 aromatic heterocycles. The van der Waals surface area contributed by atoms with Crippen molar-refractivity contribution >= 4 is 5.97 Å². The highest BCUT2D eigenvalue weighted by Gasteiger charge is 2.44. The minimum atomic E-state index is -1.54. The van der Waals surface area contributed by atoms with Gasteiger partial charge in [-0.15, -0.1) is 0 Å². The van der Waals surface area contributed by atoms with Crippen molar-refractivity contribution in [3.8, 4) is 0 Å². The maximum Gasteiger partial charge on any atom is 0.306 e. The molecule has 1 rings (SSSR count). The fourth-order valence-corrected chi connectivity index (χ4v) is 8.89. The molecular weight excluding hydrogens is 925 g/mol. The molecule has 0 bridgehead atoms. The first-order valence-corrected chi connectivity index (χ1v) is 30.3. The first-order chi connectivity index (χ1) is 36.4. The third-order valence-electron chi connectivity index (χ3n) is 13.5. The standard InChI is InChI=1S/C65H112O9/c1-3-5-7-9-11-13-15-17-19-21-23-25-27-29-31-33-35-37-39-41-43-45-47-49-51-53-55-71-57-59(58-72-65-64(70)63(69)62(68)60(56-66)74-65)73-61(67)54-52-50-48-46-44-42-40-38-36-34-32-30-28-26-24-22-20-18-16-14-12-10-8-6-4-2/h5-8,11-14,17-20,23-26,59-60,62-66,68-70H,3-4,9-10,15-16,21-22,27-58H2,1-2H3/b7-5-,8-6-,13-11-,14-12-,19-17-,20-18-,25-23-,26-24-. The maximum atomic E-state index is 12.9. The molecule has 0 aromatic carbocycles. The van der Waals surface area contributed by atoms with Crippen molar-refractivity contribution in [2.45, 2.75) is 282 Å². The minimum absolute atomic E-state index is 0.118. The number of hydrogen-bond acceptors (Lipinski definition) is 9. The molecule has 1 heterocycles. The van der Waals surface area contributed by atoms with E-state index in [1.807, 2.05) is 0 Å². The Morgan fingerprint density at radius 1 is 0.432 bits per heavy atom. The van der Waals surface area contributed by atoms with Crippen molar-refractivity contribution < 1.29 is 44.2 Å². The van der Waals surface area contributed by atoms with Crippen LogP contribution in [0.25, 0.3) is 0 Å². The van der Waals surface area contributed by atoms with Crippen molar-refractivity contribution in [3.63, 3.8) is 0 Å². The molecule has 74 heavy (non-hydrogen) atoms. The first-order valence-electron chi connectivity index (χ1n) is 30.3. The molecule has 1 saturated heterocycles. The second kappa shape index (κ2) is 54.9. The van der Waals surface area contributed by atoms with E-state index in [1.54, 1.807) is 0 Å². The van der Waals surface area contributed by atoms with E-state index in [0.29, 0.717) is 13.0 Å². The Labute approximate surface area is 453 Å². The van der Waals surface area contributed by atoms with Gasteiger partial charge in [0.25, 0.3) is 0 Å². The van der Waals surface area contributed by atoms with Crippen LogP contribution in [0, 0.1) is 0 Å². The van der Waals surface area contributed by atoms with Gasteiger partial charge >= 0.3 is 5.97 Å². The number of allylic oxidation sites excluding steroid dienone is 16. The maximum absolute atomic E-state index is 12.9. The van der Waals surface area contributed by atoms with Crippen molar-refractivity contribution in [2.75, 3.05) is 26.4 Å². The van der Waals surface area contributed by atoms with Crippen LogP contribution in [0.4, 0.5) is 0 Å². The number of esters is 1. The van der Waals surface area contributed by atoms with Gasteiger partial charge in [0.1, 0.15) is 30.5 Å². The average Bonchev–Trinajstić information content (AvgIpc) is 3.40. The normalized spacial score (nSPS) is 19.2. The summed E-state index contributed by atoms with van der Waals surface area (Å²) in [6.45, 7) is 4.35. The van der Waals surface area contributed by atoms with Crippen LogP contribution in [-0.2, 0) is 23.7 Å². The molecular formula is C65H112O9. The molecule has 9 nitrogen and oxygen atoms in total. The molecule has 6 unspecified atom stereocenters. The monoisotopic (exact) mass is 1040 g/mol. The van der Waals surface area contributed by atoms with Crippen LogP contribution in [0.15, 0.2) is 97.2 Å². The van der Waals surface area contributed by atoms with Crippen molar-refractivity contribution in [1.29, 1.82) is 0 Å². The first kappa shape index (κ1) is 69.1. The van der Waals surface area contributed by atoms with Gasteiger partial charge < -0.3 is 39.4 Å². The lowest BCUT2D eigenvalue weighted by Crippen LogP contribution is -2.59. The molecule has 426 valence electrons. The van der Waals surface area contributed by atoms with Gasteiger partial charge in [-0.3, -0.25) is 4.79 Å². The number of carbonyl (C=O) groups is 1. The zero-order chi connectivity index (χ0) is 53.5. The predicted molar refractivity (Wildman–Crippen MR) is 311 cm³/mol. The van der Waals surface area contributed by atoms with Gasteiger partial charge in [0.05, 0.1) is 19.8 Å². The van der Waals surface area contributed by atoms with E-state index in [-0.39, 0.29) is 19.2 Å². The summed E-state index contributed by atoms with van der Waals surface area (Å²) in [5, 5.41) is 40.4.